The predicted octanol–water partition coefficient (Wildman–Crippen LogP) is 1.50. The zero-order chi connectivity index (χ0) is 12.5. The normalized spacial score (nSPS) is 11.2. The first kappa shape index (κ1) is 11.0. The van der Waals surface area contributed by atoms with Gasteiger partial charge in [-0.15, -0.1) is 0 Å². The molecule has 0 radical (unpaired) electrons. The van der Waals surface area contributed by atoms with Gasteiger partial charge in [0.15, 0.2) is 0 Å². The highest BCUT2D eigenvalue weighted by molar-refractivity contribution is 5.69. The van der Waals surface area contributed by atoms with E-state index < -0.39 is 0 Å². The fourth-order valence-electron chi connectivity index (χ4n) is 2.02. The van der Waals surface area contributed by atoms with Gasteiger partial charge in [0.05, 0.1) is 31.1 Å². The zero-order valence-electron chi connectivity index (χ0n) is 10.1. The van der Waals surface area contributed by atoms with Crippen LogP contribution >= 0.6 is 0 Å². The first-order chi connectivity index (χ1) is 8.78. The average molecular weight is 242 g/mol. The Bertz CT molecular complexity index is 683. The second kappa shape index (κ2) is 4.27. The van der Waals surface area contributed by atoms with Crippen molar-refractivity contribution < 1.29 is 5.11 Å². The quantitative estimate of drug-likeness (QED) is 0.757. The van der Waals surface area contributed by atoms with E-state index in [1.54, 1.807) is 4.68 Å². The molecule has 0 aliphatic rings. The van der Waals surface area contributed by atoms with Gasteiger partial charge in [-0.2, -0.15) is 10.2 Å². The van der Waals surface area contributed by atoms with Gasteiger partial charge >= 0.3 is 0 Å². The van der Waals surface area contributed by atoms with E-state index in [0.717, 1.165) is 22.2 Å². The molecule has 0 saturated heterocycles. The van der Waals surface area contributed by atoms with Crippen LogP contribution in [0.15, 0.2) is 36.9 Å². The Balaban J connectivity index is 2.04. The van der Waals surface area contributed by atoms with Crippen molar-refractivity contribution in [3.8, 4) is 11.1 Å². The number of fused-ring (bicyclic) bond motifs is 1. The summed E-state index contributed by atoms with van der Waals surface area (Å²) < 4.78 is 3.60. The van der Waals surface area contributed by atoms with Gasteiger partial charge in [0, 0.05) is 18.0 Å². The molecular formula is C13H14N4O. The van der Waals surface area contributed by atoms with Gasteiger partial charge in [-0.05, 0) is 30.2 Å². The third-order valence-electron chi connectivity index (χ3n) is 3.01. The number of aryl methyl sites for hydroxylation is 1. The summed E-state index contributed by atoms with van der Waals surface area (Å²) in [6, 6.07) is 4.11. The van der Waals surface area contributed by atoms with Gasteiger partial charge in [-0.3, -0.25) is 4.68 Å². The number of pyridine rings is 1. The number of rotatable bonds is 3. The lowest BCUT2D eigenvalue weighted by Gasteiger charge is -2.00. The van der Waals surface area contributed by atoms with Crippen molar-refractivity contribution in [2.45, 2.75) is 13.5 Å². The van der Waals surface area contributed by atoms with Gasteiger partial charge in [0.2, 0.25) is 0 Å². The highest BCUT2D eigenvalue weighted by Crippen LogP contribution is 2.21. The van der Waals surface area contributed by atoms with E-state index in [0.29, 0.717) is 6.54 Å². The van der Waals surface area contributed by atoms with E-state index in [2.05, 4.69) is 16.3 Å². The average Bonchev–Trinajstić information content (AvgIpc) is 2.98. The lowest BCUT2D eigenvalue weighted by molar-refractivity contribution is 0.269. The minimum absolute atomic E-state index is 0.0991. The van der Waals surface area contributed by atoms with E-state index >= 15 is 0 Å². The molecule has 0 saturated carbocycles. The Labute approximate surface area is 104 Å². The zero-order valence-corrected chi connectivity index (χ0v) is 10.1. The van der Waals surface area contributed by atoms with Crippen molar-refractivity contribution in [2.75, 3.05) is 6.61 Å². The second-order valence-electron chi connectivity index (χ2n) is 4.29. The van der Waals surface area contributed by atoms with Crippen molar-refractivity contribution in [1.82, 2.24) is 19.4 Å². The molecule has 0 amide bonds. The van der Waals surface area contributed by atoms with Crippen LogP contribution in [-0.2, 0) is 6.54 Å². The van der Waals surface area contributed by atoms with Gasteiger partial charge in [-0.25, -0.2) is 4.52 Å². The summed E-state index contributed by atoms with van der Waals surface area (Å²) in [5.74, 6) is 0. The van der Waals surface area contributed by atoms with Crippen LogP contribution in [0.2, 0.25) is 0 Å². The molecule has 3 aromatic rings. The Morgan fingerprint density at radius 1 is 1.22 bits per heavy atom. The first-order valence-electron chi connectivity index (χ1n) is 5.85. The van der Waals surface area contributed by atoms with Crippen LogP contribution in [-0.4, -0.2) is 31.1 Å². The molecule has 1 N–H and O–H groups in total. The summed E-state index contributed by atoms with van der Waals surface area (Å²) in [7, 11) is 0. The maximum atomic E-state index is 8.88. The van der Waals surface area contributed by atoms with Crippen molar-refractivity contribution in [3.63, 3.8) is 0 Å². The Hall–Kier alpha value is -2.14. The topological polar surface area (TPSA) is 55.4 Å². The standard InChI is InChI=1S/C13H14N4O/c1-10-7-15-17-3-2-11(6-13(10)17)12-8-14-16(9-12)4-5-18/h2-3,6-9,18H,4-5H2,1H3. The molecule has 3 aromatic heterocycles. The highest BCUT2D eigenvalue weighted by Gasteiger charge is 2.05. The summed E-state index contributed by atoms with van der Waals surface area (Å²) in [6.07, 6.45) is 7.55. The molecule has 0 unspecified atom stereocenters. The predicted molar refractivity (Wildman–Crippen MR) is 68.2 cm³/mol. The molecule has 0 spiro atoms. The molecule has 3 rings (SSSR count). The van der Waals surface area contributed by atoms with Gasteiger partial charge in [0.25, 0.3) is 0 Å². The third kappa shape index (κ3) is 1.78. The molecule has 0 atom stereocenters. The van der Waals surface area contributed by atoms with Gasteiger partial charge in [0.1, 0.15) is 0 Å². The number of aliphatic hydroxyl groups excluding tert-OH is 1. The van der Waals surface area contributed by atoms with Crippen LogP contribution in [0.5, 0.6) is 0 Å². The maximum Gasteiger partial charge on any atom is 0.0696 e. The Morgan fingerprint density at radius 2 is 2.11 bits per heavy atom. The summed E-state index contributed by atoms with van der Waals surface area (Å²) in [5.41, 5.74) is 4.41. The lowest BCUT2D eigenvalue weighted by Crippen LogP contribution is -2.01. The monoisotopic (exact) mass is 242 g/mol. The molecule has 3 heterocycles. The first-order valence-corrected chi connectivity index (χ1v) is 5.85. The minimum Gasteiger partial charge on any atom is -0.394 e. The lowest BCUT2D eigenvalue weighted by atomic mass is 10.1. The van der Waals surface area contributed by atoms with Crippen LogP contribution in [0.3, 0.4) is 0 Å². The SMILES string of the molecule is Cc1cnn2ccc(-c3cnn(CCO)c3)cc12. The van der Waals surface area contributed by atoms with E-state index in [1.165, 1.54) is 0 Å². The Kier molecular flexibility index (Phi) is 2.60. The van der Waals surface area contributed by atoms with Gasteiger partial charge < -0.3 is 5.11 Å². The number of hydrogen-bond acceptors (Lipinski definition) is 3. The number of nitrogens with zero attached hydrogens (tertiary/aromatic N) is 4. The molecule has 5 heteroatoms. The highest BCUT2D eigenvalue weighted by atomic mass is 16.3. The van der Waals surface area contributed by atoms with Crippen LogP contribution < -0.4 is 0 Å². The maximum absolute atomic E-state index is 8.88. The molecule has 92 valence electrons. The van der Waals surface area contributed by atoms with E-state index in [1.807, 2.05) is 42.3 Å². The molecule has 0 aromatic carbocycles. The number of hydrogen-bond donors (Lipinski definition) is 1. The molecule has 0 bridgehead atoms. The summed E-state index contributed by atoms with van der Waals surface area (Å²) >= 11 is 0. The van der Waals surface area contributed by atoms with Crippen LogP contribution in [0.1, 0.15) is 5.56 Å². The van der Waals surface area contributed by atoms with Crippen molar-refractivity contribution in [2.24, 2.45) is 0 Å². The molecular weight excluding hydrogens is 228 g/mol. The number of aliphatic hydroxyl groups is 1. The van der Waals surface area contributed by atoms with E-state index in [-0.39, 0.29) is 6.61 Å². The summed E-state index contributed by atoms with van der Waals surface area (Å²) in [4.78, 5) is 0. The Morgan fingerprint density at radius 3 is 2.94 bits per heavy atom. The second-order valence-corrected chi connectivity index (χ2v) is 4.29. The minimum atomic E-state index is 0.0991. The fourth-order valence-corrected chi connectivity index (χ4v) is 2.02. The summed E-state index contributed by atoms with van der Waals surface area (Å²) in [6.45, 7) is 2.66. The molecule has 0 aliphatic carbocycles. The molecule has 5 nitrogen and oxygen atoms in total. The third-order valence-corrected chi connectivity index (χ3v) is 3.01. The van der Waals surface area contributed by atoms with Crippen LogP contribution in [0.25, 0.3) is 16.6 Å². The molecule has 18 heavy (non-hydrogen) atoms. The van der Waals surface area contributed by atoms with Crippen molar-refractivity contribution >= 4 is 5.52 Å². The number of aromatic nitrogens is 4. The molecule has 0 fully saturated rings. The largest absolute Gasteiger partial charge is 0.394 e. The van der Waals surface area contributed by atoms with E-state index in [9.17, 15) is 0 Å². The van der Waals surface area contributed by atoms with Gasteiger partial charge in [-0.1, -0.05) is 0 Å². The van der Waals surface area contributed by atoms with Crippen molar-refractivity contribution in [1.29, 1.82) is 0 Å². The smallest absolute Gasteiger partial charge is 0.0696 e. The summed E-state index contributed by atoms with van der Waals surface area (Å²) in [5, 5.41) is 17.3. The fraction of sp³-hybridized carbons (Fsp3) is 0.231. The van der Waals surface area contributed by atoms with E-state index in [4.69, 9.17) is 5.11 Å². The van der Waals surface area contributed by atoms with Crippen LogP contribution in [0, 0.1) is 6.92 Å². The van der Waals surface area contributed by atoms with Crippen molar-refractivity contribution in [3.05, 3.63) is 42.5 Å². The molecule has 0 aliphatic heterocycles. The van der Waals surface area contributed by atoms with Crippen LogP contribution in [0.4, 0.5) is 0 Å².